The number of nitrogens with two attached hydrogens (primary N) is 1. The first-order chi connectivity index (χ1) is 6.15. The van der Waals surface area contributed by atoms with Gasteiger partial charge in [0.25, 0.3) is 0 Å². The van der Waals surface area contributed by atoms with Crippen LogP contribution >= 0.6 is 0 Å². The Bertz CT molecular complexity index is 324. The maximum absolute atomic E-state index is 8.60. The van der Waals surface area contributed by atoms with E-state index in [0.29, 0.717) is 17.1 Å². The molecule has 3 nitrogen and oxygen atoms in total. The molecule has 70 valence electrons. The van der Waals surface area contributed by atoms with Crippen LogP contribution in [0.25, 0.3) is 0 Å². The van der Waals surface area contributed by atoms with Crippen molar-refractivity contribution < 1.29 is 0 Å². The lowest BCUT2D eigenvalue weighted by Crippen LogP contribution is -1.98. The molecular weight excluding hydrogens is 162 g/mol. The summed E-state index contributed by atoms with van der Waals surface area (Å²) in [7, 11) is 0. The number of nitriles is 1. The van der Waals surface area contributed by atoms with Crippen molar-refractivity contribution in [1.82, 2.24) is 4.98 Å². The highest BCUT2D eigenvalue weighted by Gasteiger charge is 2.01. The second kappa shape index (κ2) is 5.15. The summed E-state index contributed by atoms with van der Waals surface area (Å²) in [5.74, 6) is 0.501. The van der Waals surface area contributed by atoms with Gasteiger partial charge in [-0.2, -0.15) is 5.26 Å². The average Bonchev–Trinajstić information content (AvgIpc) is 2.15. The van der Waals surface area contributed by atoms with Gasteiger partial charge in [-0.05, 0) is 25.5 Å². The third-order valence-corrected chi connectivity index (χ3v) is 1.56. The first-order valence-corrected chi connectivity index (χ1v) is 4.29. The molecule has 2 N–H and O–H groups in total. The van der Waals surface area contributed by atoms with E-state index in [0.717, 1.165) is 5.56 Å². The summed E-state index contributed by atoms with van der Waals surface area (Å²) in [6, 6.07) is 3.79. The van der Waals surface area contributed by atoms with Gasteiger partial charge in [0.1, 0.15) is 11.9 Å². The van der Waals surface area contributed by atoms with E-state index in [-0.39, 0.29) is 0 Å². The van der Waals surface area contributed by atoms with Crippen LogP contribution in [0.3, 0.4) is 0 Å². The Morgan fingerprint density at radius 1 is 1.38 bits per heavy atom. The molecule has 1 heterocycles. The zero-order valence-electron chi connectivity index (χ0n) is 8.55. The molecule has 0 saturated heterocycles. The van der Waals surface area contributed by atoms with Crippen molar-refractivity contribution in [2.45, 2.75) is 27.7 Å². The predicted molar refractivity (Wildman–Crippen MR) is 54.2 cm³/mol. The second-order valence-electron chi connectivity index (χ2n) is 2.44. The Labute approximate surface area is 79.2 Å². The molecule has 0 bridgehead atoms. The van der Waals surface area contributed by atoms with Crippen LogP contribution in [0.1, 0.15) is 30.7 Å². The lowest BCUT2D eigenvalue weighted by Gasteiger charge is -2.01. The molecule has 0 aromatic carbocycles. The number of rotatable bonds is 0. The van der Waals surface area contributed by atoms with E-state index in [9.17, 15) is 0 Å². The van der Waals surface area contributed by atoms with Gasteiger partial charge in [-0.15, -0.1) is 0 Å². The first kappa shape index (κ1) is 11.4. The zero-order chi connectivity index (χ0) is 10.4. The molecule has 1 aromatic rings. The topological polar surface area (TPSA) is 62.7 Å². The Balaban J connectivity index is 0.000000671. The molecule has 0 spiro atoms. The Morgan fingerprint density at radius 3 is 2.38 bits per heavy atom. The monoisotopic (exact) mass is 177 g/mol. The molecule has 13 heavy (non-hydrogen) atoms. The number of aromatic nitrogens is 1. The fraction of sp³-hybridized carbons (Fsp3) is 0.400. The van der Waals surface area contributed by atoms with E-state index in [4.69, 9.17) is 11.0 Å². The molecule has 0 fully saturated rings. The molecule has 0 saturated carbocycles. The highest BCUT2D eigenvalue weighted by Crippen LogP contribution is 2.11. The van der Waals surface area contributed by atoms with Gasteiger partial charge < -0.3 is 5.73 Å². The third-order valence-electron chi connectivity index (χ3n) is 1.56. The molecule has 0 atom stereocenters. The van der Waals surface area contributed by atoms with Crippen molar-refractivity contribution in [3.63, 3.8) is 0 Å². The van der Waals surface area contributed by atoms with E-state index in [1.807, 2.05) is 26.8 Å². The molecule has 0 aliphatic heterocycles. The maximum Gasteiger partial charge on any atom is 0.126 e. The zero-order valence-corrected chi connectivity index (χ0v) is 8.55. The smallest absolute Gasteiger partial charge is 0.126 e. The fourth-order valence-corrected chi connectivity index (χ4v) is 0.837. The summed E-state index contributed by atoms with van der Waals surface area (Å²) in [4.78, 5) is 4.00. The molecule has 1 aromatic heterocycles. The van der Waals surface area contributed by atoms with E-state index >= 15 is 0 Å². The minimum Gasteiger partial charge on any atom is -0.383 e. The largest absolute Gasteiger partial charge is 0.383 e. The van der Waals surface area contributed by atoms with Crippen LogP contribution in [0.2, 0.25) is 0 Å². The number of hydrogen-bond acceptors (Lipinski definition) is 3. The minimum absolute atomic E-state index is 0.501. The number of nitrogen functional groups attached to an aromatic ring is 1. The first-order valence-electron chi connectivity index (χ1n) is 4.29. The highest BCUT2D eigenvalue weighted by molar-refractivity contribution is 5.46. The molecular formula is C10H15N3. The van der Waals surface area contributed by atoms with Crippen LogP contribution in [0.15, 0.2) is 6.07 Å². The normalized spacial score (nSPS) is 8.23. The molecule has 3 heteroatoms. The van der Waals surface area contributed by atoms with Crippen molar-refractivity contribution in [2.24, 2.45) is 0 Å². The Hall–Kier alpha value is -1.56. The molecule has 1 rings (SSSR count). The summed E-state index contributed by atoms with van der Waals surface area (Å²) in [6.07, 6.45) is 0. The van der Waals surface area contributed by atoms with Gasteiger partial charge in [0, 0.05) is 0 Å². The van der Waals surface area contributed by atoms with Gasteiger partial charge in [0.15, 0.2) is 0 Å². The fourth-order valence-electron chi connectivity index (χ4n) is 0.837. The van der Waals surface area contributed by atoms with E-state index < -0.39 is 0 Å². The lowest BCUT2D eigenvalue weighted by atomic mass is 10.1. The van der Waals surface area contributed by atoms with Crippen LogP contribution < -0.4 is 5.73 Å². The summed E-state index contributed by atoms with van der Waals surface area (Å²) >= 11 is 0. The van der Waals surface area contributed by atoms with E-state index in [2.05, 4.69) is 4.98 Å². The Kier molecular flexibility index (Phi) is 4.53. The van der Waals surface area contributed by atoms with Gasteiger partial charge in [0.05, 0.1) is 11.3 Å². The minimum atomic E-state index is 0.501. The quantitative estimate of drug-likeness (QED) is 0.660. The third kappa shape index (κ3) is 2.75. The Morgan fingerprint density at radius 2 is 1.92 bits per heavy atom. The van der Waals surface area contributed by atoms with E-state index in [1.54, 1.807) is 13.0 Å². The van der Waals surface area contributed by atoms with Gasteiger partial charge in [-0.1, -0.05) is 13.8 Å². The predicted octanol–water partition coefficient (Wildman–Crippen LogP) is 2.18. The standard InChI is InChI=1S/C8H9N3.C2H6/c1-5-3-7(4-9)6(2)11-8(5)10;1-2/h3H,1-2H3,(H2,10,11);1-2H3. The van der Waals surface area contributed by atoms with Gasteiger partial charge >= 0.3 is 0 Å². The van der Waals surface area contributed by atoms with Crippen molar-refractivity contribution in [3.8, 4) is 6.07 Å². The van der Waals surface area contributed by atoms with Crippen molar-refractivity contribution in [3.05, 3.63) is 22.9 Å². The van der Waals surface area contributed by atoms with Crippen LogP contribution in [0.4, 0.5) is 5.82 Å². The van der Waals surface area contributed by atoms with Crippen molar-refractivity contribution in [2.75, 3.05) is 5.73 Å². The number of aryl methyl sites for hydroxylation is 2. The lowest BCUT2D eigenvalue weighted by molar-refractivity contribution is 1.16. The maximum atomic E-state index is 8.60. The van der Waals surface area contributed by atoms with Crippen LogP contribution in [-0.2, 0) is 0 Å². The number of nitrogens with zero attached hydrogens (tertiary/aromatic N) is 2. The summed E-state index contributed by atoms with van der Waals surface area (Å²) in [5, 5.41) is 8.60. The van der Waals surface area contributed by atoms with Gasteiger partial charge in [0.2, 0.25) is 0 Å². The molecule has 0 unspecified atom stereocenters. The summed E-state index contributed by atoms with van der Waals surface area (Å²) in [6.45, 7) is 7.61. The van der Waals surface area contributed by atoms with Gasteiger partial charge in [-0.3, -0.25) is 0 Å². The molecule has 0 radical (unpaired) electrons. The van der Waals surface area contributed by atoms with Crippen LogP contribution in [0, 0.1) is 25.2 Å². The summed E-state index contributed by atoms with van der Waals surface area (Å²) < 4.78 is 0. The van der Waals surface area contributed by atoms with Crippen LogP contribution in [-0.4, -0.2) is 4.98 Å². The van der Waals surface area contributed by atoms with E-state index in [1.165, 1.54) is 0 Å². The average molecular weight is 177 g/mol. The summed E-state index contributed by atoms with van der Waals surface area (Å²) in [5.41, 5.74) is 7.66. The number of anilines is 1. The molecule has 0 amide bonds. The highest BCUT2D eigenvalue weighted by atomic mass is 14.8. The SMILES string of the molecule is CC.Cc1cc(C#N)c(C)nc1N. The van der Waals surface area contributed by atoms with Crippen LogP contribution in [0.5, 0.6) is 0 Å². The number of hydrogen-bond donors (Lipinski definition) is 1. The van der Waals surface area contributed by atoms with Crippen molar-refractivity contribution >= 4 is 5.82 Å². The van der Waals surface area contributed by atoms with Crippen molar-refractivity contribution in [1.29, 1.82) is 5.26 Å². The second-order valence-corrected chi connectivity index (χ2v) is 2.44. The van der Waals surface area contributed by atoms with Gasteiger partial charge in [-0.25, -0.2) is 4.98 Å². The molecule has 0 aliphatic carbocycles. The molecule has 0 aliphatic rings. The number of pyridine rings is 1.